The van der Waals surface area contributed by atoms with Gasteiger partial charge in [0.25, 0.3) is 0 Å². The molecule has 82 valence electrons. The van der Waals surface area contributed by atoms with Gasteiger partial charge in [-0.05, 0) is 12.1 Å². The van der Waals surface area contributed by atoms with Crippen molar-refractivity contribution >= 4 is 11.6 Å². The average Bonchev–Trinajstić information content (AvgIpc) is 2.22. The molecule has 0 bridgehead atoms. The zero-order valence-electron chi connectivity index (χ0n) is 7.71. The van der Waals surface area contributed by atoms with Crippen molar-refractivity contribution < 1.29 is 18.7 Å². The van der Waals surface area contributed by atoms with Gasteiger partial charge in [0.2, 0.25) is 5.91 Å². The molecule has 4 N–H and O–H groups in total. The van der Waals surface area contributed by atoms with Crippen molar-refractivity contribution in [2.45, 2.75) is 6.04 Å². The predicted octanol–water partition coefficient (Wildman–Crippen LogP) is 0.223. The van der Waals surface area contributed by atoms with Crippen molar-refractivity contribution in [2.24, 2.45) is 5.73 Å². The standard InChI is InChI=1S/C9H10F2N2O2/c10-6-2-1-5(3-7(6)11)13-9(15)8(12)4-14/h1-3,8,14H,4,12H2,(H,13,15). The van der Waals surface area contributed by atoms with Crippen molar-refractivity contribution in [1.29, 1.82) is 0 Å². The molecule has 15 heavy (non-hydrogen) atoms. The Kier molecular flexibility index (Phi) is 3.70. The Morgan fingerprint density at radius 2 is 2.13 bits per heavy atom. The van der Waals surface area contributed by atoms with Gasteiger partial charge in [-0.25, -0.2) is 8.78 Å². The molecule has 0 aromatic heterocycles. The topological polar surface area (TPSA) is 75.3 Å². The van der Waals surface area contributed by atoms with E-state index in [-0.39, 0.29) is 5.69 Å². The highest BCUT2D eigenvalue weighted by atomic mass is 19.2. The lowest BCUT2D eigenvalue weighted by Crippen LogP contribution is -2.38. The summed E-state index contributed by atoms with van der Waals surface area (Å²) in [6.45, 7) is -0.518. The molecule has 0 spiro atoms. The van der Waals surface area contributed by atoms with Crippen LogP contribution in [0.5, 0.6) is 0 Å². The minimum Gasteiger partial charge on any atom is -0.394 e. The van der Waals surface area contributed by atoms with Crippen LogP contribution in [0.1, 0.15) is 0 Å². The van der Waals surface area contributed by atoms with Gasteiger partial charge in [-0.3, -0.25) is 4.79 Å². The molecule has 0 aliphatic rings. The van der Waals surface area contributed by atoms with Gasteiger partial charge in [0.1, 0.15) is 6.04 Å². The van der Waals surface area contributed by atoms with Gasteiger partial charge >= 0.3 is 0 Å². The van der Waals surface area contributed by atoms with Crippen molar-refractivity contribution in [3.05, 3.63) is 29.8 Å². The number of aliphatic hydroxyl groups is 1. The third kappa shape index (κ3) is 2.97. The van der Waals surface area contributed by atoms with E-state index >= 15 is 0 Å². The van der Waals surface area contributed by atoms with E-state index in [9.17, 15) is 13.6 Å². The first kappa shape index (κ1) is 11.5. The van der Waals surface area contributed by atoms with E-state index in [0.717, 1.165) is 12.1 Å². The molecule has 1 aromatic rings. The van der Waals surface area contributed by atoms with Crippen molar-refractivity contribution in [3.8, 4) is 0 Å². The first-order valence-corrected chi connectivity index (χ1v) is 4.17. The molecule has 6 heteroatoms. The molecule has 0 aliphatic heterocycles. The lowest BCUT2D eigenvalue weighted by Gasteiger charge is -2.09. The smallest absolute Gasteiger partial charge is 0.243 e. The average molecular weight is 216 g/mol. The molecule has 0 saturated carbocycles. The monoisotopic (exact) mass is 216 g/mol. The van der Waals surface area contributed by atoms with Crippen LogP contribution in [0.4, 0.5) is 14.5 Å². The van der Waals surface area contributed by atoms with Gasteiger partial charge in [-0.15, -0.1) is 0 Å². The van der Waals surface area contributed by atoms with E-state index in [1.165, 1.54) is 6.07 Å². The van der Waals surface area contributed by atoms with Crippen LogP contribution in [0.3, 0.4) is 0 Å². The van der Waals surface area contributed by atoms with Crippen LogP contribution in [0.15, 0.2) is 18.2 Å². The van der Waals surface area contributed by atoms with E-state index in [4.69, 9.17) is 10.8 Å². The van der Waals surface area contributed by atoms with E-state index in [1.807, 2.05) is 0 Å². The van der Waals surface area contributed by atoms with Crippen molar-refractivity contribution in [3.63, 3.8) is 0 Å². The molecule has 0 fully saturated rings. The number of carbonyl (C=O) groups is 1. The Bertz CT molecular complexity index is 371. The lowest BCUT2D eigenvalue weighted by molar-refractivity contribution is -0.118. The normalized spacial score (nSPS) is 12.3. The predicted molar refractivity (Wildman–Crippen MR) is 50.0 cm³/mol. The molecule has 0 radical (unpaired) electrons. The number of carbonyl (C=O) groups excluding carboxylic acids is 1. The Morgan fingerprint density at radius 1 is 1.47 bits per heavy atom. The molecule has 4 nitrogen and oxygen atoms in total. The number of nitrogens with one attached hydrogen (secondary N) is 1. The number of amides is 1. The fourth-order valence-corrected chi connectivity index (χ4v) is 0.892. The number of hydrogen-bond acceptors (Lipinski definition) is 3. The van der Waals surface area contributed by atoms with Crippen LogP contribution in [0.2, 0.25) is 0 Å². The van der Waals surface area contributed by atoms with Crippen LogP contribution in [0.25, 0.3) is 0 Å². The number of anilines is 1. The van der Waals surface area contributed by atoms with Gasteiger partial charge in [0, 0.05) is 11.8 Å². The molecule has 1 atom stereocenters. The number of nitrogens with two attached hydrogens (primary N) is 1. The van der Waals surface area contributed by atoms with Crippen LogP contribution in [-0.4, -0.2) is 23.7 Å². The molecule has 1 amide bonds. The summed E-state index contributed by atoms with van der Waals surface area (Å²) in [6.07, 6.45) is 0. The fraction of sp³-hybridized carbons (Fsp3) is 0.222. The summed E-state index contributed by atoms with van der Waals surface area (Å²) < 4.78 is 25.2. The number of hydrogen-bond donors (Lipinski definition) is 3. The summed E-state index contributed by atoms with van der Waals surface area (Å²) >= 11 is 0. The van der Waals surface area contributed by atoms with Crippen LogP contribution in [-0.2, 0) is 4.79 Å². The Balaban J connectivity index is 2.73. The SMILES string of the molecule is NC(CO)C(=O)Nc1ccc(F)c(F)c1. The molecule has 0 saturated heterocycles. The quantitative estimate of drug-likeness (QED) is 0.676. The maximum atomic E-state index is 12.7. The minimum absolute atomic E-state index is 0.0859. The summed E-state index contributed by atoms with van der Waals surface area (Å²) in [4.78, 5) is 11.1. The van der Waals surface area contributed by atoms with E-state index in [1.54, 1.807) is 0 Å². The highest BCUT2D eigenvalue weighted by Crippen LogP contribution is 2.12. The van der Waals surface area contributed by atoms with E-state index < -0.39 is 30.2 Å². The summed E-state index contributed by atoms with van der Waals surface area (Å²) in [7, 11) is 0. The molecule has 1 aromatic carbocycles. The fourth-order valence-electron chi connectivity index (χ4n) is 0.892. The third-order valence-electron chi connectivity index (χ3n) is 1.72. The minimum atomic E-state index is -1.09. The maximum Gasteiger partial charge on any atom is 0.243 e. The number of rotatable bonds is 3. The van der Waals surface area contributed by atoms with Crippen molar-refractivity contribution in [2.75, 3.05) is 11.9 Å². The zero-order valence-corrected chi connectivity index (χ0v) is 7.71. The second-order valence-electron chi connectivity index (χ2n) is 2.91. The Hall–Kier alpha value is -1.53. The second kappa shape index (κ2) is 4.81. The molecule has 0 aliphatic carbocycles. The molecule has 0 heterocycles. The first-order chi connectivity index (χ1) is 7.04. The van der Waals surface area contributed by atoms with Gasteiger partial charge < -0.3 is 16.2 Å². The van der Waals surface area contributed by atoms with Crippen LogP contribution in [0, 0.1) is 11.6 Å². The van der Waals surface area contributed by atoms with E-state index in [2.05, 4.69) is 5.32 Å². The highest BCUT2D eigenvalue weighted by molar-refractivity contribution is 5.94. The summed E-state index contributed by atoms with van der Waals surface area (Å²) in [5.74, 6) is -2.73. The maximum absolute atomic E-state index is 12.7. The van der Waals surface area contributed by atoms with Crippen LogP contribution < -0.4 is 11.1 Å². The van der Waals surface area contributed by atoms with E-state index in [0.29, 0.717) is 0 Å². The van der Waals surface area contributed by atoms with Gasteiger partial charge in [-0.2, -0.15) is 0 Å². The zero-order chi connectivity index (χ0) is 11.4. The Morgan fingerprint density at radius 3 is 2.67 bits per heavy atom. The van der Waals surface area contributed by atoms with Gasteiger partial charge in [0.05, 0.1) is 6.61 Å². The molecular formula is C9H10F2N2O2. The second-order valence-corrected chi connectivity index (χ2v) is 2.91. The number of benzene rings is 1. The largest absolute Gasteiger partial charge is 0.394 e. The summed E-state index contributed by atoms with van der Waals surface area (Å²) in [5, 5.41) is 10.8. The lowest BCUT2D eigenvalue weighted by atomic mass is 10.2. The summed E-state index contributed by atoms with van der Waals surface area (Å²) in [6, 6.07) is 1.82. The highest BCUT2D eigenvalue weighted by Gasteiger charge is 2.12. The van der Waals surface area contributed by atoms with Crippen LogP contribution >= 0.6 is 0 Å². The number of halogens is 2. The molecular weight excluding hydrogens is 206 g/mol. The molecule has 1 unspecified atom stereocenters. The van der Waals surface area contributed by atoms with Gasteiger partial charge in [0.15, 0.2) is 11.6 Å². The van der Waals surface area contributed by atoms with Crippen molar-refractivity contribution in [1.82, 2.24) is 0 Å². The molecule has 1 rings (SSSR count). The number of aliphatic hydroxyl groups excluding tert-OH is 1. The van der Waals surface area contributed by atoms with Gasteiger partial charge in [-0.1, -0.05) is 0 Å². The first-order valence-electron chi connectivity index (χ1n) is 4.17. The Labute approximate surface area is 84.7 Å². The third-order valence-corrected chi connectivity index (χ3v) is 1.72. The summed E-state index contributed by atoms with van der Waals surface area (Å²) in [5.41, 5.74) is 5.29.